The molecule has 1 saturated heterocycles. The molecule has 0 atom stereocenters. The number of para-hydroxylation sites is 1. The fraction of sp³-hybridized carbons (Fsp3) is 0.200. The number of rotatable bonds is 5. The van der Waals surface area contributed by atoms with Gasteiger partial charge in [0.2, 0.25) is 0 Å². The van der Waals surface area contributed by atoms with Crippen LogP contribution in [0.1, 0.15) is 27.3 Å². The summed E-state index contributed by atoms with van der Waals surface area (Å²) in [5.41, 5.74) is 4.87. The van der Waals surface area contributed by atoms with Crippen LogP contribution in [-0.2, 0) is 6.42 Å². The highest BCUT2D eigenvalue weighted by Gasteiger charge is 2.25. The first-order chi connectivity index (χ1) is 18.2. The van der Waals surface area contributed by atoms with Crippen LogP contribution in [0.2, 0.25) is 0 Å². The van der Waals surface area contributed by atoms with Gasteiger partial charge in [-0.2, -0.15) is 5.10 Å². The number of fused-ring (bicyclic) bond motifs is 1. The fourth-order valence-electron chi connectivity index (χ4n) is 4.79. The molecule has 0 bridgehead atoms. The van der Waals surface area contributed by atoms with Crippen molar-refractivity contribution in [3.63, 3.8) is 0 Å². The minimum absolute atomic E-state index is 0.0741. The lowest BCUT2D eigenvalue weighted by atomic mass is 10.1. The highest BCUT2D eigenvalue weighted by molar-refractivity contribution is 5.94. The molecular formula is C30H28N6O. The predicted molar refractivity (Wildman–Crippen MR) is 145 cm³/mol. The molecule has 1 fully saturated rings. The number of aryl methyl sites for hydroxylation is 1. The number of nitrogens with zero attached hydrogens (tertiary/aromatic N) is 6. The van der Waals surface area contributed by atoms with E-state index < -0.39 is 0 Å². The summed E-state index contributed by atoms with van der Waals surface area (Å²) in [6.07, 6.45) is 2.49. The molecule has 3 heterocycles. The van der Waals surface area contributed by atoms with Gasteiger partial charge >= 0.3 is 0 Å². The monoisotopic (exact) mass is 488 g/mol. The Bertz CT molecular complexity index is 1520. The summed E-state index contributed by atoms with van der Waals surface area (Å²) in [5.74, 6) is 1.71. The first kappa shape index (κ1) is 22.9. The van der Waals surface area contributed by atoms with Crippen LogP contribution < -0.4 is 4.90 Å². The van der Waals surface area contributed by atoms with Crippen LogP contribution >= 0.6 is 0 Å². The second-order valence-corrected chi connectivity index (χ2v) is 9.40. The van der Waals surface area contributed by atoms with Gasteiger partial charge in [-0.3, -0.25) is 4.79 Å². The summed E-state index contributed by atoms with van der Waals surface area (Å²) in [7, 11) is 0. The average molecular weight is 489 g/mol. The van der Waals surface area contributed by atoms with Gasteiger partial charge < -0.3 is 9.80 Å². The summed E-state index contributed by atoms with van der Waals surface area (Å²) in [6.45, 7) is 4.76. The average Bonchev–Trinajstić information content (AvgIpc) is 3.38. The van der Waals surface area contributed by atoms with E-state index in [0.29, 0.717) is 32.6 Å². The maximum atomic E-state index is 13.0. The maximum absolute atomic E-state index is 13.0. The zero-order chi connectivity index (χ0) is 25.2. The molecule has 3 aromatic carbocycles. The smallest absolute Gasteiger partial charge is 0.253 e. The lowest BCUT2D eigenvalue weighted by molar-refractivity contribution is 0.0746. The molecule has 0 unspecified atom stereocenters. The van der Waals surface area contributed by atoms with Crippen molar-refractivity contribution in [1.29, 1.82) is 0 Å². The summed E-state index contributed by atoms with van der Waals surface area (Å²) in [4.78, 5) is 27.1. The van der Waals surface area contributed by atoms with Crippen molar-refractivity contribution >= 4 is 22.8 Å². The van der Waals surface area contributed by atoms with Gasteiger partial charge in [0, 0.05) is 38.2 Å². The number of carbonyl (C=O) groups is 1. The fourth-order valence-corrected chi connectivity index (χ4v) is 4.79. The van der Waals surface area contributed by atoms with Gasteiger partial charge in [0.25, 0.3) is 5.91 Å². The van der Waals surface area contributed by atoms with Crippen molar-refractivity contribution in [2.45, 2.75) is 13.3 Å². The normalized spacial score (nSPS) is 13.8. The van der Waals surface area contributed by atoms with Crippen LogP contribution in [0.25, 0.3) is 16.7 Å². The van der Waals surface area contributed by atoms with Crippen LogP contribution in [0.15, 0.2) is 91.1 Å². The Morgan fingerprint density at radius 1 is 0.811 bits per heavy atom. The van der Waals surface area contributed by atoms with E-state index in [0.717, 1.165) is 33.9 Å². The molecule has 184 valence electrons. The third kappa shape index (κ3) is 4.68. The molecule has 2 aromatic heterocycles. The number of hydrogen-bond acceptors (Lipinski definition) is 5. The second-order valence-electron chi connectivity index (χ2n) is 9.40. The van der Waals surface area contributed by atoms with Crippen LogP contribution in [0, 0.1) is 6.92 Å². The van der Waals surface area contributed by atoms with Crippen molar-refractivity contribution in [1.82, 2.24) is 24.6 Å². The van der Waals surface area contributed by atoms with Gasteiger partial charge in [-0.1, -0.05) is 66.2 Å². The van der Waals surface area contributed by atoms with Gasteiger partial charge in [-0.05, 0) is 36.8 Å². The first-order valence-corrected chi connectivity index (χ1v) is 12.6. The number of anilines is 1. The van der Waals surface area contributed by atoms with E-state index in [2.05, 4.69) is 41.2 Å². The Balaban J connectivity index is 1.33. The van der Waals surface area contributed by atoms with Gasteiger partial charge in [0.05, 0.1) is 17.3 Å². The molecule has 37 heavy (non-hydrogen) atoms. The Morgan fingerprint density at radius 3 is 2.19 bits per heavy atom. The van der Waals surface area contributed by atoms with Crippen LogP contribution in [0.4, 0.5) is 5.82 Å². The zero-order valence-electron chi connectivity index (χ0n) is 20.8. The molecule has 1 aliphatic heterocycles. The highest BCUT2D eigenvalue weighted by Crippen LogP contribution is 2.27. The maximum Gasteiger partial charge on any atom is 0.253 e. The van der Waals surface area contributed by atoms with Gasteiger partial charge in [-0.25, -0.2) is 14.6 Å². The Labute approximate surface area is 216 Å². The highest BCUT2D eigenvalue weighted by atomic mass is 16.2. The molecule has 0 spiro atoms. The quantitative estimate of drug-likeness (QED) is 0.360. The summed E-state index contributed by atoms with van der Waals surface area (Å²) >= 11 is 0. The minimum Gasteiger partial charge on any atom is -0.352 e. The molecule has 7 heteroatoms. The van der Waals surface area contributed by atoms with E-state index in [4.69, 9.17) is 9.97 Å². The molecule has 0 N–H and O–H groups in total. The van der Waals surface area contributed by atoms with Gasteiger partial charge in [0.15, 0.2) is 5.65 Å². The lowest BCUT2D eigenvalue weighted by Gasteiger charge is -2.35. The number of piperazine rings is 1. The van der Waals surface area contributed by atoms with E-state index in [1.165, 1.54) is 11.1 Å². The topological polar surface area (TPSA) is 67.2 Å². The number of hydrogen-bond donors (Lipinski definition) is 0. The summed E-state index contributed by atoms with van der Waals surface area (Å²) < 4.78 is 1.88. The molecule has 1 aliphatic rings. The Hall–Kier alpha value is -4.52. The van der Waals surface area contributed by atoms with E-state index in [1.54, 1.807) is 0 Å². The van der Waals surface area contributed by atoms with Crippen LogP contribution in [-0.4, -0.2) is 56.7 Å². The standard InChI is InChI=1S/C30H28N6O/c1-22-12-14-23(15-13-22)20-27-32-28(26-21-31-36(29(26)33-27)25-10-6-3-7-11-25)34-16-18-35(19-17-34)30(37)24-8-4-2-5-9-24/h2-15,21H,16-20H2,1H3. The SMILES string of the molecule is Cc1ccc(Cc2nc(N3CCN(C(=O)c4ccccc4)CC3)c3cnn(-c4ccccc4)c3n2)cc1. The Kier molecular flexibility index (Phi) is 6.10. The number of benzene rings is 3. The third-order valence-corrected chi connectivity index (χ3v) is 6.83. The lowest BCUT2D eigenvalue weighted by Crippen LogP contribution is -2.49. The minimum atomic E-state index is 0.0741. The van der Waals surface area contributed by atoms with E-state index in [-0.39, 0.29) is 5.91 Å². The second kappa shape index (κ2) is 9.85. The molecule has 1 amide bonds. The number of aromatic nitrogens is 4. The van der Waals surface area contributed by atoms with Crippen molar-refractivity contribution in [3.05, 3.63) is 114 Å². The third-order valence-electron chi connectivity index (χ3n) is 6.83. The molecule has 0 aliphatic carbocycles. The molecular weight excluding hydrogens is 460 g/mol. The van der Waals surface area contributed by atoms with Crippen molar-refractivity contribution < 1.29 is 4.79 Å². The molecule has 7 nitrogen and oxygen atoms in total. The predicted octanol–water partition coefficient (Wildman–Crippen LogP) is 4.68. The molecule has 0 saturated carbocycles. The van der Waals surface area contributed by atoms with Crippen LogP contribution in [0.3, 0.4) is 0 Å². The van der Waals surface area contributed by atoms with Gasteiger partial charge in [-0.15, -0.1) is 0 Å². The van der Waals surface area contributed by atoms with Crippen molar-refractivity contribution in [2.24, 2.45) is 0 Å². The zero-order valence-corrected chi connectivity index (χ0v) is 20.8. The summed E-state index contributed by atoms with van der Waals surface area (Å²) in [5, 5.41) is 5.60. The molecule has 6 rings (SSSR count). The van der Waals surface area contributed by atoms with Crippen molar-refractivity contribution in [3.8, 4) is 5.69 Å². The first-order valence-electron chi connectivity index (χ1n) is 12.6. The number of carbonyl (C=O) groups excluding carboxylic acids is 1. The van der Waals surface area contributed by atoms with Crippen molar-refractivity contribution in [2.75, 3.05) is 31.1 Å². The molecule has 0 radical (unpaired) electrons. The van der Waals surface area contributed by atoms with E-state index >= 15 is 0 Å². The summed E-state index contributed by atoms with van der Waals surface area (Å²) in [6, 6.07) is 28.0. The number of amides is 1. The van der Waals surface area contributed by atoms with E-state index in [1.807, 2.05) is 76.4 Å². The van der Waals surface area contributed by atoms with Crippen LogP contribution in [0.5, 0.6) is 0 Å². The van der Waals surface area contributed by atoms with Gasteiger partial charge in [0.1, 0.15) is 11.6 Å². The van der Waals surface area contributed by atoms with E-state index in [9.17, 15) is 4.79 Å². The largest absolute Gasteiger partial charge is 0.352 e. The molecule has 5 aromatic rings. The Morgan fingerprint density at radius 2 is 1.49 bits per heavy atom.